The molecule has 2 unspecified atom stereocenters. The molecule has 0 saturated heterocycles. The molecule has 0 radical (unpaired) electrons. The van der Waals surface area contributed by atoms with Gasteiger partial charge in [0.15, 0.2) is 0 Å². The predicted octanol–water partition coefficient (Wildman–Crippen LogP) is 5.98. The Morgan fingerprint density at radius 2 is 0.830 bits per heavy atom. The molecule has 0 fully saturated rings. The van der Waals surface area contributed by atoms with Crippen LogP contribution in [-0.2, 0) is 33.6 Å². The highest BCUT2D eigenvalue weighted by molar-refractivity contribution is 5.89. The van der Waals surface area contributed by atoms with Crippen molar-refractivity contribution in [3.05, 3.63) is 0 Å². The zero-order valence-electron chi connectivity index (χ0n) is 28.9. The average Bonchev–Trinajstić information content (AvgIpc) is 2.98. The number of Topliss-reactive ketones (excluding diaryl/α,β-unsaturated/α-hetero) is 2. The number of amides is 2. The topological polar surface area (TPSA) is 204 Å². The molecule has 0 aliphatic heterocycles. The van der Waals surface area contributed by atoms with Crippen molar-refractivity contribution in [2.24, 2.45) is 5.41 Å². The number of aliphatic carboxylic acids is 3. The van der Waals surface area contributed by atoms with E-state index in [0.717, 1.165) is 44.9 Å². The van der Waals surface area contributed by atoms with Gasteiger partial charge in [-0.05, 0) is 25.7 Å². The highest BCUT2D eigenvalue weighted by Crippen LogP contribution is 2.19. The van der Waals surface area contributed by atoms with Crippen LogP contribution in [-0.4, -0.2) is 68.7 Å². The van der Waals surface area contributed by atoms with E-state index in [4.69, 9.17) is 5.11 Å². The van der Waals surface area contributed by atoms with Crippen LogP contribution in [0.4, 0.5) is 0 Å². The molecular formula is C35H60N2O10. The number of hydrogen-bond donors (Lipinski definition) is 5. The molecule has 0 spiro atoms. The van der Waals surface area contributed by atoms with Crippen molar-refractivity contribution in [1.29, 1.82) is 0 Å². The van der Waals surface area contributed by atoms with Crippen molar-refractivity contribution in [3.63, 3.8) is 0 Å². The van der Waals surface area contributed by atoms with Gasteiger partial charge in [-0.2, -0.15) is 0 Å². The van der Waals surface area contributed by atoms with Crippen molar-refractivity contribution in [1.82, 2.24) is 10.6 Å². The van der Waals surface area contributed by atoms with Crippen LogP contribution in [0.3, 0.4) is 0 Å². The quantitative estimate of drug-likeness (QED) is 0.0567. The first-order valence-electron chi connectivity index (χ1n) is 17.4. The van der Waals surface area contributed by atoms with Crippen LogP contribution in [0.15, 0.2) is 0 Å². The first-order valence-corrected chi connectivity index (χ1v) is 17.4. The van der Waals surface area contributed by atoms with Gasteiger partial charge in [0, 0.05) is 43.9 Å². The number of carboxylic acid groups (broad SMARTS) is 3. The first kappa shape index (κ1) is 43.7. The van der Waals surface area contributed by atoms with E-state index >= 15 is 0 Å². The molecule has 0 aromatic carbocycles. The molecule has 12 heteroatoms. The number of ketones is 2. The predicted molar refractivity (Wildman–Crippen MR) is 178 cm³/mol. The largest absolute Gasteiger partial charge is 0.481 e. The van der Waals surface area contributed by atoms with Crippen molar-refractivity contribution in [2.75, 3.05) is 0 Å². The molecule has 0 aliphatic carbocycles. The van der Waals surface area contributed by atoms with Gasteiger partial charge in [0.25, 0.3) is 0 Å². The van der Waals surface area contributed by atoms with Gasteiger partial charge in [-0.25, -0.2) is 9.59 Å². The zero-order chi connectivity index (χ0) is 35.7. The summed E-state index contributed by atoms with van der Waals surface area (Å²) in [4.78, 5) is 82.5. The summed E-state index contributed by atoms with van der Waals surface area (Å²) in [7, 11) is 0. The van der Waals surface area contributed by atoms with E-state index in [9.17, 15) is 43.8 Å². The lowest BCUT2D eigenvalue weighted by Crippen LogP contribution is -2.42. The fourth-order valence-corrected chi connectivity index (χ4v) is 5.06. The van der Waals surface area contributed by atoms with Crippen LogP contribution in [0.1, 0.15) is 162 Å². The third kappa shape index (κ3) is 25.5. The molecule has 2 atom stereocenters. The van der Waals surface area contributed by atoms with Crippen LogP contribution in [0, 0.1) is 5.41 Å². The van der Waals surface area contributed by atoms with Crippen molar-refractivity contribution < 1.29 is 48.9 Å². The molecule has 0 rings (SSSR count). The average molecular weight is 669 g/mol. The number of carbonyl (C=O) groups excluding carboxylic acids is 4. The Labute approximate surface area is 280 Å². The summed E-state index contributed by atoms with van der Waals surface area (Å²) in [5.74, 6) is -4.76. The molecule has 47 heavy (non-hydrogen) atoms. The maximum absolute atomic E-state index is 12.3. The van der Waals surface area contributed by atoms with Gasteiger partial charge in [-0.3, -0.25) is 24.0 Å². The first-order chi connectivity index (χ1) is 22.1. The normalized spacial score (nSPS) is 12.6. The molecule has 12 nitrogen and oxygen atoms in total. The Morgan fingerprint density at radius 1 is 0.468 bits per heavy atom. The molecule has 0 aromatic rings. The van der Waals surface area contributed by atoms with E-state index in [1.54, 1.807) is 20.8 Å². The van der Waals surface area contributed by atoms with Crippen LogP contribution in [0.5, 0.6) is 0 Å². The van der Waals surface area contributed by atoms with Gasteiger partial charge < -0.3 is 26.0 Å². The fraction of sp³-hybridized carbons (Fsp3) is 0.800. The number of hydrogen-bond acceptors (Lipinski definition) is 7. The lowest BCUT2D eigenvalue weighted by Gasteiger charge is -2.19. The van der Waals surface area contributed by atoms with E-state index in [2.05, 4.69) is 10.6 Å². The van der Waals surface area contributed by atoms with Gasteiger partial charge in [0.2, 0.25) is 11.8 Å². The summed E-state index contributed by atoms with van der Waals surface area (Å²) in [6.45, 7) is 5.18. The Bertz CT molecular complexity index is 989. The molecule has 0 aliphatic rings. The third-order valence-electron chi connectivity index (χ3n) is 8.15. The highest BCUT2D eigenvalue weighted by atomic mass is 16.4. The molecule has 0 heterocycles. The van der Waals surface area contributed by atoms with E-state index in [1.807, 2.05) is 0 Å². The molecule has 2 amide bonds. The molecular weight excluding hydrogens is 608 g/mol. The minimum atomic E-state index is -1.27. The van der Waals surface area contributed by atoms with Gasteiger partial charge >= 0.3 is 17.9 Å². The van der Waals surface area contributed by atoms with E-state index in [0.29, 0.717) is 6.42 Å². The summed E-state index contributed by atoms with van der Waals surface area (Å²) in [5, 5.41) is 32.3. The molecule has 5 N–H and O–H groups in total. The van der Waals surface area contributed by atoms with E-state index in [1.165, 1.54) is 38.5 Å². The summed E-state index contributed by atoms with van der Waals surface area (Å²) in [5.41, 5.74) is -0.622. The van der Waals surface area contributed by atoms with Crippen LogP contribution in [0.2, 0.25) is 0 Å². The smallest absolute Gasteiger partial charge is 0.326 e. The Balaban J connectivity index is 4.05. The van der Waals surface area contributed by atoms with Gasteiger partial charge in [0.05, 0.1) is 0 Å². The second-order valence-corrected chi connectivity index (χ2v) is 13.5. The summed E-state index contributed by atoms with van der Waals surface area (Å²) >= 11 is 0. The molecule has 0 bridgehead atoms. The number of rotatable bonds is 30. The van der Waals surface area contributed by atoms with Crippen LogP contribution >= 0.6 is 0 Å². The lowest BCUT2D eigenvalue weighted by molar-refractivity contribution is -0.142. The van der Waals surface area contributed by atoms with Gasteiger partial charge in [-0.15, -0.1) is 0 Å². The molecule has 270 valence electrons. The SMILES string of the molecule is CC(C)(C)C(=O)CCC(NC(=O)CCC(=O)CCC(NC(=O)CCCCCCCCCCCCCCCCC(=O)O)C(=O)O)C(=O)O. The number of nitrogens with one attached hydrogen (secondary N) is 2. The van der Waals surface area contributed by atoms with E-state index in [-0.39, 0.29) is 68.8 Å². The number of carboxylic acids is 3. The fourth-order valence-electron chi connectivity index (χ4n) is 5.06. The second-order valence-electron chi connectivity index (χ2n) is 13.5. The van der Waals surface area contributed by atoms with Gasteiger partial charge in [0.1, 0.15) is 23.7 Å². The Kier molecular flexibility index (Phi) is 23.9. The van der Waals surface area contributed by atoms with E-state index < -0.39 is 41.3 Å². The van der Waals surface area contributed by atoms with Crippen molar-refractivity contribution in [2.45, 2.75) is 174 Å². The molecule has 0 aromatic heterocycles. The maximum atomic E-state index is 12.3. The second kappa shape index (κ2) is 25.7. The van der Waals surface area contributed by atoms with Crippen molar-refractivity contribution in [3.8, 4) is 0 Å². The standard InChI is InChI=1S/C35H60N2O10/c1-35(2,3)29(39)24-23-28(34(46)47)37-31(41)25-21-26(38)20-22-27(33(44)45)36-30(40)18-16-14-12-10-8-6-4-5-7-9-11-13-15-17-19-32(42)43/h27-28H,4-25H2,1-3H3,(H,36,40)(H,37,41)(H,42,43)(H,44,45)(H,46,47). The maximum Gasteiger partial charge on any atom is 0.326 e. The summed E-state index contributed by atoms with van der Waals surface area (Å²) in [6.07, 6.45) is 14.5. The Morgan fingerprint density at radius 3 is 1.21 bits per heavy atom. The zero-order valence-corrected chi connectivity index (χ0v) is 28.9. The minimum Gasteiger partial charge on any atom is -0.481 e. The van der Waals surface area contributed by atoms with Crippen LogP contribution < -0.4 is 10.6 Å². The lowest BCUT2D eigenvalue weighted by atomic mass is 9.87. The molecule has 0 saturated carbocycles. The number of unbranched alkanes of at least 4 members (excludes halogenated alkanes) is 13. The highest BCUT2D eigenvalue weighted by Gasteiger charge is 2.26. The minimum absolute atomic E-state index is 0.00863. The van der Waals surface area contributed by atoms with Gasteiger partial charge in [-0.1, -0.05) is 97.8 Å². The Hall–Kier alpha value is -3.31. The third-order valence-corrected chi connectivity index (χ3v) is 8.15. The summed E-state index contributed by atoms with van der Waals surface area (Å²) in [6, 6.07) is -2.47. The van der Waals surface area contributed by atoms with Crippen molar-refractivity contribution >= 4 is 41.3 Å². The number of carbonyl (C=O) groups is 7. The monoisotopic (exact) mass is 668 g/mol. The summed E-state index contributed by atoms with van der Waals surface area (Å²) < 4.78 is 0. The van der Waals surface area contributed by atoms with Crippen LogP contribution in [0.25, 0.3) is 0 Å².